The monoisotopic (exact) mass is 243 g/mol. The molecule has 17 heavy (non-hydrogen) atoms. The number of carboxylic acids is 1. The van der Waals surface area contributed by atoms with Gasteiger partial charge in [0.15, 0.2) is 0 Å². The Morgan fingerprint density at radius 2 is 1.88 bits per heavy atom. The van der Waals surface area contributed by atoms with Crippen LogP contribution in [0.15, 0.2) is 12.2 Å². The minimum absolute atomic E-state index is 0.118. The van der Waals surface area contributed by atoms with Crippen molar-refractivity contribution in [1.29, 1.82) is 0 Å². The van der Waals surface area contributed by atoms with Gasteiger partial charge in [0, 0.05) is 25.1 Å². The molecule has 0 fully saturated rings. The van der Waals surface area contributed by atoms with Gasteiger partial charge in [0.1, 0.15) is 6.61 Å². The fraction of sp³-hybridized carbons (Fsp3) is 0.545. The molecule has 0 aromatic rings. The summed E-state index contributed by atoms with van der Waals surface area (Å²) in [6.45, 7) is 4.24. The Hall–Kier alpha value is -1.85. The summed E-state index contributed by atoms with van der Waals surface area (Å²) in [6, 6.07) is 0. The number of carboxylic acid groups (broad SMARTS) is 1. The zero-order valence-corrected chi connectivity index (χ0v) is 10.0. The molecule has 0 aromatic heterocycles. The van der Waals surface area contributed by atoms with E-state index in [2.05, 4.69) is 0 Å². The molecule has 6 heteroatoms. The molecule has 1 N–H and O–H groups in total. The van der Waals surface area contributed by atoms with Gasteiger partial charge in [-0.05, 0) is 6.92 Å². The Kier molecular flexibility index (Phi) is 7.41. The number of hydrogen-bond acceptors (Lipinski definition) is 4. The molecule has 0 bridgehead atoms. The Bertz CT molecular complexity index is 311. The van der Waals surface area contributed by atoms with E-state index in [-0.39, 0.29) is 19.1 Å². The fourth-order valence-electron chi connectivity index (χ4n) is 1.04. The van der Waals surface area contributed by atoms with Crippen LogP contribution < -0.4 is 0 Å². The van der Waals surface area contributed by atoms with E-state index >= 15 is 0 Å². The van der Waals surface area contributed by atoms with Gasteiger partial charge in [-0.1, -0.05) is 6.92 Å². The standard InChI is InChI=1S/C11H17NO5/c1-3-11(16)17-8-7-12(4-2)9(13)5-6-10(14)15/h5-6H,3-4,7-8H2,1-2H3,(H,14,15)/b6-5-. The van der Waals surface area contributed by atoms with E-state index < -0.39 is 11.9 Å². The summed E-state index contributed by atoms with van der Waals surface area (Å²) >= 11 is 0. The van der Waals surface area contributed by atoms with Crippen molar-refractivity contribution in [3.05, 3.63) is 12.2 Å². The van der Waals surface area contributed by atoms with Crippen LogP contribution >= 0.6 is 0 Å². The van der Waals surface area contributed by atoms with Crippen LogP contribution in [0.2, 0.25) is 0 Å². The minimum Gasteiger partial charge on any atom is -0.478 e. The maximum Gasteiger partial charge on any atom is 0.328 e. The van der Waals surface area contributed by atoms with Gasteiger partial charge in [-0.25, -0.2) is 4.79 Å². The van der Waals surface area contributed by atoms with E-state index in [0.717, 1.165) is 12.2 Å². The molecule has 0 rings (SSSR count). The SMILES string of the molecule is CCC(=O)OCCN(CC)C(=O)/C=C\C(=O)O. The molecule has 0 radical (unpaired) electrons. The lowest BCUT2D eigenvalue weighted by Crippen LogP contribution is -2.33. The maximum atomic E-state index is 11.5. The van der Waals surface area contributed by atoms with Crippen LogP contribution in [0.3, 0.4) is 0 Å². The smallest absolute Gasteiger partial charge is 0.328 e. The highest BCUT2D eigenvalue weighted by molar-refractivity contribution is 5.93. The molecule has 0 saturated carbocycles. The van der Waals surface area contributed by atoms with Gasteiger partial charge in [-0.2, -0.15) is 0 Å². The van der Waals surface area contributed by atoms with E-state index in [1.807, 2.05) is 0 Å². The number of hydrogen-bond donors (Lipinski definition) is 1. The van der Waals surface area contributed by atoms with Crippen molar-refractivity contribution in [2.75, 3.05) is 19.7 Å². The first-order valence-electron chi connectivity index (χ1n) is 5.36. The van der Waals surface area contributed by atoms with E-state index in [4.69, 9.17) is 9.84 Å². The number of likely N-dealkylation sites (N-methyl/N-ethyl adjacent to an activating group) is 1. The highest BCUT2D eigenvalue weighted by Crippen LogP contribution is 1.93. The minimum atomic E-state index is -1.17. The molecule has 0 aliphatic carbocycles. The molecule has 0 heterocycles. The molecule has 1 amide bonds. The number of aliphatic carboxylic acids is 1. The Morgan fingerprint density at radius 1 is 1.24 bits per heavy atom. The van der Waals surface area contributed by atoms with Gasteiger partial charge in [-0.3, -0.25) is 9.59 Å². The van der Waals surface area contributed by atoms with E-state index in [1.165, 1.54) is 4.90 Å². The number of rotatable bonds is 7. The van der Waals surface area contributed by atoms with Gasteiger partial charge < -0.3 is 14.7 Å². The van der Waals surface area contributed by atoms with Crippen molar-refractivity contribution in [3.8, 4) is 0 Å². The van der Waals surface area contributed by atoms with Crippen molar-refractivity contribution < 1.29 is 24.2 Å². The van der Waals surface area contributed by atoms with Crippen LogP contribution in [0.4, 0.5) is 0 Å². The second-order valence-electron chi connectivity index (χ2n) is 3.16. The molecule has 0 aliphatic heterocycles. The molecule has 0 aliphatic rings. The number of carbonyl (C=O) groups is 3. The largest absolute Gasteiger partial charge is 0.478 e. The average Bonchev–Trinajstić information content (AvgIpc) is 2.31. The summed E-state index contributed by atoms with van der Waals surface area (Å²) in [7, 11) is 0. The van der Waals surface area contributed by atoms with Crippen molar-refractivity contribution in [1.82, 2.24) is 4.90 Å². The molecule has 0 saturated heterocycles. The molecule has 0 atom stereocenters. The van der Waals surface area contributed by atoms with Crippen LogP contribution in [0.25, 0.3) is 0 Å². The first-order chi connectivity index (χ1) is 8.01. The first kappa shape index (κ1) is 15.2. The number of amides is 1. The van der Waals surface area contributed by atoms with Gasteiger partial charge in [0.2, 0.25) is 5.91 Å². The highest BCUT2D eigenvalue weighted by Gasteiger charge is 2.09. The summed E-state index contributed by atoms with van der Waals surface area (Å²) in [6.07, 6.45) is 2.05. The predicted octanol–water partition coefficient (Wildman–Crippen LogP) is 0.429. The van der Waals surface area contributed by atoms with Gasteiger partial charge in [0.05, 0.1) is 6.54 Å². The fourth-order valence-corrected chi connectivity index (χ4v) is 1.04. The van der Waals surface area contributed by atoms with Crippen LogP contribution in [0, 0.1) is 0 Å². The third-order valence-electron chi connectivity index (χ3n) is 1.97. The third kappa shape index (κ3) is 7.10. The van der Waals surface area contributed by atoms with Gasteiger partial charge >= 0.3 is 11.9 Å². The molecule has 0 spiro atoms. The lowest BCUT2D eigenvalue weighted by molar-refractivity contribution is -0.144. The van der Waals surface area contributed by atoms with Crippen molar-refractivity contribution >= 4 is 17.8 Å². The van der Waals surface area contributed by atoms with E-state index in [9.17, 15) is 14.4 Å². The predicted molar refractivity (Wildman–Crippen MR) is 60.3 cm³/mol. The van der Waals surface area contributed by atoms with Crippen LogP contribution in [-0.4, -0.2) is 47.5 Å². The summed E-state index contributed by atoms with van der Waals surface area (Å²) in [5.41, 5.74) is 0. The number of esters is 1. The summed E-state index contributed by atoms with van der Waals surface area (Å²) in [5.74, 6) is -1.91. The van der Waals surface area contributed by atoms with Crippen LogP contribution in [-0.2, 0) is 19.1 Å². The topological polar surface area (TPSA) is 83.9 Å². The summed E-state index contributed by atoms with van der Waals surface area (Å²) in [4.78, 5) is 33.9. The molecule has 0 unspecified atom stereocenters. The van der Waals surface area contributed by atoms with E-state index in [1.54, 1.807) is 13.8 Å². The average molecular weight is 243 g/mol. The molecule has 96 valence electrons. The van der Waals surface area contributed by atoms with E-state index in [0.29, 0.717) is 13.0 Å². The second kappa shape index (κ2) is 8.32. The highest BCUT2D eigenvalue weighted by atomic mass is 16.5. The van der Waals surface area contributed by atoms with Crippen molar-refractivity contribution in [3.63, 3.8) is 0 Å². The molecule has 0 aromatic carbocycles. The number of ether oxygens (including phenoxy) is 1. The first-order valence-corrected chi connectivity index (χ1v) is 5.36. The summed E-state index contributed by atoms with van der Waals surface area (Å²) in [5, 5.41) is 8.37. The van der Waals surface area contributed by atoms with Crippen molar-refractivity contribution in [2.45, 2.75) is 20.3 Å². The zero-order valence-electron chi connectivity index (χ0n) is 10.0. The Labute approximate surface area is 99.9 Å². The quantitative estimate of drug-likeness (QED) is 0.517. The molecular formula is C11H17NO5. The lowest BCUT2D eigenvalue weighted by Gasteiger charge is -2.18. The number of carbonyl (C=O) groups excluding carboxylic acids is 2. The van der Waals surface area contributed by atoms with Gasteiger partial charge in [-0.15, -0.1) is 0 Å². The van der Waals surface area contributed by atoms with Crippen LogP contribution in [0.1, 0.15) is 20.3 Å². The summed E-state index contributed by atoms with van der Waals surface area (Å²) < 4.78 is 4.83. The second-order valence-corrected chi connectivity index (χ2v) is 3.16. The van der Waals surface area contributed by atoms with Crippen molar-refractivity contribution in [2.24, 2.45) is 0 Å². The normalized spacial score (nSPS) is 10.2. The Balaban J connectivity index is 4.10. The lowest BCUT2D eigenvalue weighted by atomic mass is 10.4. The molecular weight excluding hydrogens is 226 g/mol. The third-order valence-corrected chi connectivity index (χ3v) is 1.97. The van der Waals surface area contributed by atoms with Crippen LogP contribution in [0.5, 0.6) is 0 Å². The molecule has 6 nitrogen and oxygen atoms in total. The Morgan fingerprint density at radius 3 is 2.35 bits per heavy atom. The maximum absolute atomic E-state index is 11.5. The number of nitrogens with zero attached hydrogens (tertiary/aromatic N) is 1. The van der Waals surface area contributed by atoms with Gasteiger partial charge in [0.25, 0.3) is 0 Å². The zero-order chi connectivity index (χ0) is 13.3.